The lowest BCUT2D eigenvalue weighted by Gasteiger charge is -2.05. The molecule has 86 valence electrons. The molecule has 1 amide bonds. The summed E-state index contributed by atoms with van der Waals surface area (Å²) < 4.78 is 0. The number of benzene rings is 1. The van der Waals surface area contributed by atoms with Gasteiger partial charge in [-0.3, -0.25) is 4.79 Å². The molecule has 5 nitrogen and oxygen atoms in total. The van der Waals surface area contributed by atoms with Gasteiger partial charge in [-0.05, 0) is 18.2 Å². The van der Waals surface area contributed by atoms with Crippen molar-refractivity contribution >= 4 is 5.91 Å². The predicted octanol–water partition coefficient (Wildman–Crippen LogP) is 1.11. The Morgan fingerprint density at radius 2 is 2.12 bits per heavy atom. The summed E-state index contributed by atoms with van der Waals surface area (Å²) in [6, 6.07) is 8.10. The molecule has 2 aromatic rings. The molecule has 1 aromatic heterocycles. The SMILES string of the molecule is O=C(NCc1ccncn1)c1ccccc1O. The number of hydrogen-bond acceptors (Lipinski definition) is 4. The summed E-state index contributed by atoms with van der Waals surface area (Å²) in [5.41, 5.74) is 0.963. The Morgan fingerprint density at radius 1 is 1.29 bits per heavy atom. The van der Waals surface area contributed by atoms with Gasteiger partial charge in [0.05, 0.1) is 17.8 Å². The molecule has 17 heavy (non-hydrogen) atoms. The van der Waals surface area contributed by atoms with Crippen LogP contribution in [0, 0.1) is 0 Å². The molecule has 2 rings (SSSR count). The zero-order valence-corrected chi connectivity index (χ0v) is 9.00. The quantitative estimate of drug-likeness (QED) is 0.826. The molecule has 0 fully saturated rings. The van der Waals surface area contributed by atoms with Crippen LogP contribution in [0.5, 0.6) is 5.75 Å². The van der Waals surface area contributed by atoms with Gasteiger partial charge in [-0.1, -0.05) is 12.1 Å². The van der Waals surface area contributed by atoms with Crippen LogP contribution in [0.2, 0.25) is 0 Å². The van der Waals surface area contributed by atoms with E-state index in [0.717, 1.165) is 0 Å². The smallest absolute Gasteiger partial charge is 0.255 e. The van der Waals surface area contributed by atoms with Crippen molar-refractivity contribution < 1.29 is 9.90 Å². The Morgan fingerprint density at radius 3 is 2.82 bits per heavy atom. The largest absolute Gasteiger partial charge is 0.507 e. The van der Waals surface area contributed by atoms with Crippen LogP contribution in [-0.4, -0.2) is 21.0 Å². The van der Waals surface area contributed by atoms with Crippen molar-refractivity contribution in [2.24, 2.45) is 0 Å². The van der Waals surface area contributed by atoms with Crippen LogP contribution in [0.3, 0.4) is 0 Å². The van der Waals surface area contributed by atoms with Crippen LogP contribution in [0.1, 0.15) is 16.1 Å². The maximum atomic E-state index is 11.7. The second kappa shape index (κ2) is 5.07. The van der Waals surface area contributed by atoms with E-state index in [1.165, 1.54) is 12.4 Å². The molecule has 5 heteroatoms. The fraction of sp³-hybridized carbons (Fsp3) is 0.0833. The average molecular weight is 229 g/mol. The highest BCUT2D eigenvalue weighted by Gasteiger charge is 2.09. The van der Waals surface area contributed by atoms with E-state index in [1.54, 1.807) is 30.5 Å². The second-order valence-electron chi connectivity index (χ2n) is 3.40. The lowest BCUT2D eigenvalue weighted by atomic mass is 10.2. The highest BCUT2D eigenvalue weighted by atomic mass is 16.3. The molecular weight excluding hydrogens is 218 g/mol. The third-order valence-electron chi connectivity index (χ3n) is 2.22. The first-order valence-electron chi connectivity index (χ1n) is 5.08. The molecule has 0 atom stereocenters. The van der Waals surface area contributed by atoms with Gasteiger partial charge in [-0.2, -0.15) is 0 Å². The monoisotopic (exact) mass is 229 g/mol. The molecule has 1 heterocycles. The number of hydrogen-bond donors (Lipinski definition) is 2. The number of amides is 1. The number of rotatable bonds is 3. The van der Waals surface area contributed by atoms with Crippen LogP contribution in [0.25, 0.3) is 0 Å². The Labute approximate surface area is 98.2 Å². The lowest BCUT2D eigenvalue weighted by Crippen LogP contribution is -2.23. The molecule has 1 aromatic carbocycles. The molecule has 0 aliphatic heterocycles. The molecular formula is C12H11N3O2. The standard InChI is InChI=1S/C12H11N3O2/c16-11-4-2-1-3-10(11)12(17)14-7-9-5-6-13-8-15-9/h1-6,8,16H,7H2,(H,14,17). The van der Waals surface area contributed by atoms with Crippen LogP contribution in [0.4, 0.5) is 0 Å². The van der Waals surface area contributed by atoms with Gasteiger partial charge in [-0.25, -0.2) is 9.97 Å². The molecule has 0 spiro atoms. The number of phenolic OH excluding ortho intramolecular Hbond substituents is 1. The number of phenols is 1. The Balaban J connectivity index is 2.01. The lowest BCUT2D eigenvalue weighted by molar-refractivity contribution is 0.0947. The number of aromatic nitrogens is 2. The van der Waals surface area contributed by atoms with E-state index >= 15 is 0 Å². The van der Waals surface area contributed by atoms with E-state index in [2.05, 4.69) is 15.3 Å². The molecule has 0 aliphatic rings. The third-order valence-corrected chi connectivity index (χ3v) is 2.22. The Bertz CT molecular complexity index is 514. The molecule has 0 aliphatic carbocycles. The van der Waals surface area contributed by atoms with Crippen LogP contribution < -0.4 is 5.32 Å². The first-order valence-corrected chi connectivity index (χ1v) is 5.08. The van der Waals surface area contributed by atoms with E-state index in [0.29, 0.717) is 12.2 Å². The van der Waals surface area contributed by atoms with Gasteiger partial charge in [0, 0.05) is 6.20 Å². The van der Waals surface area contributed by atoms with Crippen molar-refractivity contribution in [3.8, 4) is 5.75 Å². The molecule has 0 saturated carbocycles. The van der Waals surface area contributed by atoms with Gasteiger partial charge in [0.15, 0.2) is 0 Å². The van der Waals surface area contributed by atoms with Crippen molar-refractivity contribution in [1.29, 1.82) is 0 Å². The molecule has 0 radical (unpaired) electrons. The minimum atomic E-state index is -0.332. The van der Waals surface area contributed by atoms with Crippen LogP contribution in [0.15, 0.2) is 42.9 Å². The number of carbonyl (C=O) groups is 1. The maximum absolute atomic E-state index is 11.7. The molecule has 0 saturated heterocycles. The first-order chi connectivity index (χ1) is 8.27. The summed E-state index contributed by atoms with van der Waals surface area (Å²) in [6.45, 7) is 0.301. The summed E-state index contributed by atoms with van der Waals surface area (Å²) in [7, 11) is 0. The topological polar surface area (TPSA) is 75.1 Å². The maximum Gasteiger partial charge on any atom is 0.255 e. The molecule has 2 N–H and O–H groups in total. The highest BCUT2D eigenvalue weighted by Crippen LogP contribution is 2.14. The van der Waals surface area contributed by atoms with Gasteiger partial charge in [-0.15, -0.1) is 0 Å². The summed E-state index contributed by atoms with van der Waals surface area (Å²) in [6.07, 6.45) is 3.02. The highest BCUT2D eigenvalue weighted by molar-refractivity contribution is 5.96. The number of carbonyl (C=O) groups excluding carboxylic acids is 1. The van der Waals surface area contributed by atoms with Crippen molar-refractivity contribution in [1.82, 2.24) is 15.3 Å². The molecule has 0 unspecified atom stereocenters. The van der Waals surface area contributed by atoms with Gasteiger partial charge < -0.3 is 10.4 Å². The Kier molecular flexibility index (Phi) is 3.30. The fourth-order valence-electron chi connectivity index (χ4n) is 1.35. The van der Waals surface area contributed by atoms with Gasteiger partial charge >= 0.3 is 0 Å². The normalized spacial score (nSPS) is 9.88. The average Bonchev–Trinajstić information content (AvgIpc) is 2.38. The van der Waals surface area contributed by atoms with Crippen molar-refractivity contribution in [2.75, 3.05) is 0 Å². The van der Waals surface area contributed by atoms with E-state index in [1.807, 2.05) is 0 Å². The van der Waals surface area contributed by atoms with E-state index in [4.69, 9.17) is 0 Å². The molecule has 0 bridgehead atoms. The summed E-state index contributed by atoms with van der Waals surface area (Å²) >= 11 is 0. The van der Waals surface area contributed by atoms with E-state index in [9.17, 15) is 9.90 Å². The second-order valence-corrected chi connectivity index (χ2v) is 3.40. The number of aromatic hydroxyl groups is 1. The van der Waals surface area contributed by atoms with Gasteiger partial charge in [0.2, 0.25) is 0 Å². The van der Waals surface area contributed by atoms with Crippen LogP contribution in [-0.2, 0) is 6.54 Å². The van der Waals surface area contributed by atoms with E-state index < -0.39 is 0 Å². The number of para-hydroxylation sites is 1. The minimum Gasteiger partial charge on any atom is -0.507 e. The summed E-state index contributed by atoms with van der Waals surface area (Å²) in [4.78, 5) is 19.5. The van der Waals surface area contributed by atoms with Crippen molar-refractivity contribution in [3.63, 3.8) is 0 Å². The van der Waals surface area contributed by atoms with Crippen molar-refractivity contribution in [3.05, 3.63) is 54.1 Å². The van der Waals surface area contributed by atoms with Gasteiger partial charge in [0.25, 0.3) is 5.91 Å². The van der Waals surface area contributed by atoms with Gasteiger partial charge in [0.1, 0.15) is 12.1 Å². The first kappa shape index (κ1) is 11.1. The third kappa shape index (κ3) is 2.78. The summed E-state index contributed by atoms with van der Waals surface area (Å²) in [5.74, 6) is -0.366. The zero-order valence-electron chi connectivity index (χ0n) is 9.00. The number of nitrogens with one attached hydrogen (secondary N) is 1. The van der Waals surface area contributed by atoms with Crippen molar-refractivity contribution in [2.45, 2.75) is 6.54 Å². The fourth-order valence-corrected chi connectivity index (χ4v) is 1.35. The summed E-state index contributed by atoms with van der Waals surface area (Å²) in [5, 5.41) is 12.2. The predicted molar refractivity (Wildman–Crippen MR) is 61.3 cm³/mol. The van der Waals surface area contributed by atoms with Crippen LogP contribution >= 0.6 is 0 Å². The zero-order chi connectivity index (χ0) is 12.1. The van der Waals surface area contributed by atoms with E-state index in [-0.39, 0.29) is 17.2 Å². The number of nitrogens with zero attached hydrogens (tertiary/aromatic N) is 2. The Hall–Kier alpha value is -2.43. The minimum absolute atomic E-state index is 0.0345.